The van der Waals surface area contributed by atoms with E-state index in [1.165, 1.54) is 31.2 Å². The Hall–Kier alpha value is -3.86. The topological polar surface area (TPSA) is 136 Å². The van der Waals surface area contributed by atoms with Crippen molar-refractivity contribution in [3.05, 3.63) is 70.3 Å². The molecule has 6 atom stereocenters. The highest BCUT2D eigenvalue weighted by molar-refractivity contribution is 5.80. The molecule has 0 saturated heterocycles. The number of aliphatic hydroxyl groups is 1. The number of aliphatic carboxylic acids is 1. The number of aliphatic hydroxyl groups excluding tert-OH is 1. The van der Waals surface area contributed by atoms with Gasteiger partial charge in [-0.15, -0.1) is 0 Å². The maximum absolute atomic E-state index is 13.4. The standard InChI is InChI=1S/C22H33FO4.C13H19FO.C9H16O4/c1-13(2)20(18-10-9-17(23)11-14(18)3)16(5)26-21(25)15(4)12-19(24)27-22(6,7)8;1-8(2)13(10(4)15)12-6-5-11(14)7-9(12)3;1-6(8(11)12)5-7(10)13-9(2,3)4/h9-11,13,15-16,20H,12H2,1-8H3;5-8,10,13,15H,1-4H3;6H,5H2,1-4H3,(H,11,12)/t15-,16+,20-;10-,13-;6-/m111/s1. The SMILES string of the molecule is C[C@H](CC(=O)OC(C)(C)C)C(=O)O.Cc1cc(F)ccc1[C@H](C(C)C)[C@@H](C)O.Cc1cc(F)ccc1[C@H](C(C)C)[C@H](C)OC(=O)[C@H](C)CC(=O)OC(C)(C)C. The Morgan fingerprint density at radius 1 is 0.636 bits per heavy atom. The maximum atomic E-state index is 13.4. The number of hydrogen-bond acceptors (Lipinski definition) is 8. The van der Waals surface area contributed by atoms with Crippen molar-refractivity contribution in [1.29, 1.82) is 0 Å². The Morgan fingerprint density at radius 2 is 1.00 bits per heavy atom. The summed E-state index contributed by atoms with van der Waals surface area (Å²) in [6.07, 6.45) is -0.908. The van der Waals surface area contributed by atoms with Crippen molar-refractivity contribution in [3.63, 3.8) is 0 Å². The molecule has 55 heavy (non-hydrogen) atoms. The van der Waals surface area contributed by atoms with E-state index in [1.807, 2.05) is 34.6 Å². The van der Waals surface area contributed by atoms with Gasteiger partial charge in [0.05, 0.1) is 30.8 Å². The van der Waals surface area contributed by atoms with Gasteiger partial charge in [0, 0.05) is 11.8 Å². The predicted molar refractivity (Wildman–Crippen MR) is 212 cm³/mol. The molecule has 0 saturated carbocycles. The van der Waals surface area contributed by atoms with Crippen LogP contribution in [0.3, 0.4) is 0 Å². The van der Waals surface area contributed by atoms with Gasteiger partial charge in [-0.25, -0.2) is 8.78 Å². The average Bonchev–Trinajstić information content (AvgIpc) is 2.97. The summed E-state index contributed by atoms with van der Waals surface area (Å²) in [6.45, 7) is 29.3. The number of ether oxygens (including phenoxy) is 3. The van der Waals surface area contributed by atoms with Gasteiger partial charge in [-0.1, -0.05) is 53.7 Å². The van der Waals surface area contributed by atoms with Crippen LogP contribution in [0.5, 0.6) is 0 Å². The zero-order valence-electron chi connectivity index (χ0n) is 36.0. The van der Waals surface area contributed by atoms with Crippen molar-refractivity contribution in [3.8, 4) is 0 Å². The van der Waals surface area contributed by atoms with Crippen LogP contribution in [-0.2, 0) is 33.4 Å². The van der Waals surface area contributed by atoms with Crippen LogP contribution >= 0.6 is 0 Å². The summed E-state index contributed by atoms with van der Waals surface area (Å²) in [5.74, 6) is -3.54. The number of hydrogen-bond donors (Lipinski definition) is 2. The normalized spacial score (nSPS) is 14.9. The van der Waals surface area contributed by atoms with E-state index >= 15 is 0 Å². The summed E-state index contributed by atoms with van der Waals surface area (Å²) in [7, 11) is 0. The quantitative estimate of drug-likeness (QED) is 0.150. The summed E-state index contributed by atoms with van der Waals surface area (Å²) in [5, 5.41) is 18.3. The van der Waals surface area contributed by atoms with Crippen molar-refractivity contribution in [2.75, 3.05) is 0 Å². The minimum Gasteiger partial charge on any atom is -0.481 e. The number of benzene rings is 2. The molecule has 2 N–H and O–H groups in total. The summed E-state index contributed by atoms with van der Waals surface area (Å²) >= 11 is 0. The van der Waals surface area contributed by atoms with Crippen molar-refractivity contribution >= 4 is 23.9 Å². The van der Waals surface area contributed by atoms with Gasteiger partial charge in [0.2, 0.25) is 0 Å². The highest BCUT2D eigenvalue weighted by Crippen LogP contribution is 2.33. The number of carbonyl (C=O) groups is 4. The highest BCUT2D eigenvalue weighted by Gasteiger charge is 2.30. The Balaban J connectivity index is 0.000000877. The van der Waals surface area contributed by atoms with Crippen molar-refractivity contribution in [2.24, 2.45) is 23.7 Å². The minimum atomic E-state index is -0.981. The van der Waals surface area contributed by atoms with Crippen LogP contribution < -0.4 is 0 Å². The Labute approximate surface area is 328 Å². The van der Waals surface area contributed by atoms with Crippen molar-refractivity contribution in [1.82, 2.24) is 0 Å². The van der Waals surface area contributed by atoms with E-state index in [0.29, 0.717) is 5.92 Å². The molecule has 0 bridgehead atoms. The first-order chi connectivity index (χ1) is 25.0. The van der Waals surface area contributed by atoms with Crippen LogP contribution in [0.1, 0.15) is 144 Å². The fourth-order valence-corrected chi connectivity index (χ4v) is 6.17. The molecule has 0 aromatic heterocycles. The van der Waals surface area contributed by atoms with Gasteiger partial charge in [0.1, 0.15) is 28.9 Å². The van der Waals surface area contributed by atoms with Crippen LogP contribution in [0, 0.1) is 49.2 Å². The second-order valence-electron chi connectivity index (χ2n) is 17.1. The third-order valence-corrected chi connectivity index (χ3v) is 8.56. The van der Waals surface area contributed by atoms with Crippen LogP contribution in [-0.4, -0.2) is 57.5 Å². The minimum absolute atomic E-state index is 0.0231. The van der Waals surface area contributed by atoms with E-state index in [9.17, 15) is 33.1 Å². The summed E-state index contributed by atoms with van der Waals surface area (Å²) in [5.41, 5.74) is 2.62. The van der Waals surface area contributed by atoms with E-state index in [0.717, 1.165) is 22.3 Å². The van der Waals surface area contributed by atoms with Gasteiger partial charge in [-0.3, -0.25) is 19.2 Å². The molecular weight excluding hydrogens is 710 g/mol. The molecule has 0 aliphatic rings. The van der Waals surface area contributed by atoms with E-state index in [4.69, 9.17) is 19.3 Å². The molecule has 0 radical (unpaired) electrons. The molecule has 312 valence electrons. The Bertz CT molecular complexity index is 1530. The smallest absolute Gasteiger partial charge is 0.309 e. The van der Waals surface area contributed by atoms with Crippen LogP contribution in [0.15, 0.2) is 36.4 Å². The number of halogens is 2. The third-order valence-electron chi connectivity index (χ3n) is 8.56. The van der Waals surface area contributed by atoms with E-state index in [-0.39, 0.29) is 42.2 Å². The summed E-state index contributed by atoms with van der Waals surface area (Å²) < 4.78 is 42.3. The lowest BCUT2D eigenvalue weighted by Gasteiger charge is -2.30. The molecule has 0 aliphatic heterocycles. The molecule has 2 aromatic carbocycles. The van der Waals surface area contributed by atoms with Crippen LogP contribution in [0.4, 0.5) is 8.78 Å². The van der Waals surface area contributed by atoms with Crippen LogP contribution in [0.25, 0.3) is 0 Å². The third kappa shape index (κ3) is 20.0. The van der Waals surface area contributed by atoms with Gasteiger partial charge < -0.3 is 24.4 Å². The number of carboxylic acid groups (broad SMARTS) is 1. The molecule has 0 unspecified atom stereocenters. The van der Waals surface area contributed by atoms with E-state index < -0.39 is 59.1 Å². The van der Waals surface area contributed by atoms with Gasteiger partial charge in [-0.2, -0.15) is 0 Å². The number of aryl methyl sites for hydroxylation is 2. The first kappa shape index (κ1) is 51.1. The largest absolute Gasteiger partial charge is 0.481 e. The maximum Gasteiger partial charge on any atom is 0.309 e. The van der Waals surface area contributed by atoms with E-state index in [1.54, 1.807) is 67.5 Å². The first-order valence-corrected chi connectivity index (χ1v) is 19.0. The molecule has 0 spiro atoms. The van der Waals surface area contributed by atoms with E-state index in [2.05, 4.69) is 13.8 Å². The fraction of sp³-hybridized carbons (Fsp3) is 0.636. The van der Waals surface area contributed by atoms with Crippen LogP contribution in [0.2, 0.25) is 0 Å². The number of carbonyl (C=O) groups excluding carboxylic acids is 3. The van der Waals surface area contributed by atoms with Crippen molar-refractivity contribution in [2.45, 2.75) is 159 Å². The monoisotopic (exact) mass is 778 g/mol. The predicted octanol–water partition coefficient (Wildman–Crippen LogP) is 9.87. The van der Waals surface area contributed by atoms with Gasteiger partial charge in [0.15, 0.2) is 0 Å². The lowest BCUT2D eigenvalue weighted by Crippen LogP contribution is -2.31. The second-order valence-corrected chi connectivity index (χ2v) is 17.1. The lowest BCUT2D eigenvalue weighted by molar-refractivity contribution is -0.163. The molecule has 0 fully saturated rings. The zero-order valence-corrected chi connectivity index (χ0v) is 36.0. The molecule has 2 aromatic rings. The number of esters is 3. The first-order valence-electron chi connectivity index (χ1n) is 19.0. The molecule has 2 rings (SSSR count). The molecular formula is C44H68F2O9. The second kappa shape index (κ2) is 22.6. The van der Waals surface area contributed by atoms with Gasteiger partial charge >= 0.3 is 23.9 Å². The number of rotatable bonds is 13. The van der Waals surface area contributed by atoms with Gasteiger partial charge in [0.25, 0.3) is 0 Å². The molecule has 0 aliphatic carbocycles. The average molecular weight is 779 g/mol. The lowest BCUT2D eigenvalue weighted by atomic mass is 9.82. The van der Waals surface area contributed by atoms with Gasteiger partial charge in [-0.05, 0) is 128 Å². The zero-order chi connectivity index (χ0) is 43.2. The summed E-state index contributed by atoms with van der Waals surface area (Å²) in [6, 6.07) is 9.43. The molecule has 0 heterocycles. The fourth-order valence-electron chi connectivity index (χ4n) is 6.17. The molecule has 9 nitrogen and oxygen atoms in total. The van der Waals surface area contributed by atoms with Crippen molar-refractivity contribution < 1.29 is 52.4 Å². The Kier molecular flexibility index (Phi) is 21.0. The molecule has 11 heteroatoms. The number of carboxylic acids is 1. The molecule has 0 amide bonds. The Morgan fingerprint density at radius 3 is 1.31 bits per heavy atom. The summed E-state index contributed by atoms with van der Waals surface area (Å²) in [4.78, 5) is 45.9. The highest BCUT2D eigenvalue weighted by atomic mass is 19.1.